The Bertz CT molecular complexity index is 558. The fraction of sp³-hybridized carbons (Fsp3) is 0.375. The summed E-state index contributed by atoms with van der Waals surface area (Å²) < 4.78 is 72.7. The topological polar surface area (TPSA) is 80.7 Å². The second-order valence-electron chi connectivity index (χ2n) is 3.00. The number of alkyl halides is 3. The standard InChI is InChI=1S/C8H7F3O5S2/c1-2-16-7(12)4-3-17-6(8(9,10)11)5(4)18(13,14)15/h3H,2H2,1H3,(H,13,14,15). The molecule has 0 saturated heterocycles. The second kappa shape index (κ2) is 4.86. The lowest BCUT2D eigenvalue weighted by Gasteiger charge is -2.07. The zero-order valence-corrected chi connectivity index (χ0v) is 10.4. The molecule has 102 valence electrons. The summed E-state index contributed by atoms with van der Waals surface area (Å²) in [5.74, 6) is -1.24. The zero-order valence-electron chi connectivity index (χ0n) is 8.82. The van der Waals surface area contributed by atoms with Crippen molar-refractivity contribution >= 4 is 27.4 Å². The number of thiophene rings is 1. The first kappa shape index (κ1) is 14.9. The van der Waals surface area contributed by atoms with Gasteiger partial charge in [-0.2, -0.15) is 21.6 Å². The summed E-state index contributed by atoms with van der Waals surface area (Å²) in [5.41, 5.74) is -0.823. The van der Waals surface area contributed by atoms with E-state index in [0.29, 0.717) is 5.38 Å². The molecule has 18 heavy (non-hydrogen) atoms. The van der Waals surface area contributed by atoms with Crippen LogP contribution in [0.2, 0.25) is 0 Å². The smallest absolute Gasteiger partial charge is 0.426 e. The highest BCUT2D eigenvalue weighted by Crippen LogP contribution is 2.40. The van der Waals surface area contributed by atoms with Gasteiger partial charge in [-0.3, -0.25) is 4.55 Å². The minimum Gasteiger partial charge on any atom is -0.462 e. The van der Waals surface area contributed by atoms with Gasteiger partial charge in [-0.05, 0) is 6.92 Å². The first-order valence-corrected chi connectivity index (χ1v) is 6.74. The molecule has 1 rings (SSSR count). The van der Waals surface area contributed by atoms with Crippen LogP contribution < -0.4 is 0 Å². The molecular formula is C8H7F3O5S2. The highest BCUT2D eigenvalue weighted by molar-refractivity contribution is 7.86. The fourth-order valence-electron chi connectivity index (χ4n) is 1.15. The number of ether oxygens (including phenoxy) is 1. The monoisotopic (exact) mass is 304 g/mol. The number of hydrogen-bond donors (Lipinski definition) is 1. The Morgan fingerprint density at radius 2 is 2.06 bits per heavy atom. The van der Waals surface area contributed by atoms with E-state index in [1.807, 2.05) is 0 Å². The van der Waals surface area contributed by atoms with Crippen molar-refractivity contribution in [3.8, 4) is 0 Å². The summed E-state index contributed by atoms with van der Waals surface area (Å²) in [4.78, 5) is 8.27. The van der Waals surface area contributed by atoms with Gasteiger partial charge in [-0.15, -0.1) is 11.3 Å². The predicted molar refractivity (Wildman–Crippen MR) is 55.1 cm³/mol. The third kappa shape index (κ3) is 3.00. The van der Waals surface area contributed by atoms with E-state index >= 15 is 0 Å². The maximum Gasteiger partial charge on any atom is 0.426 e. The van der Waals surface area contributed by atoms with Crippen molar-refractivity contribution < 1.29 is 35.7 Å². The van der Waals surface area contributed by atoms with E-state index in [2.05, 4.69) is 4.74 Å². The molecule has 1 aromatic heterocycles. The number of carbonyl (C=O) groups is 1. The first-order chi connectivity index (χ1) is 8.09. The maximum atomic E-state index is 12.5. The summed E-state index contributed by atoms with van der Waals surface area (Å²) in [6, 6.07) is 0. The molecule has 0 aliphatic carbocycles. The van der Waals surface area contributed by atoms with Crippen molar-refractivity contribution in [2.24, 2.45) is 0 Å². The van der Waals surface area contributed by atoms with Crippen molar-refractivity contribution in [3.63, 3.8) is 0 Å². The van der Waals surface area contributed by atoms with Gasteiger partial charge < -0.3 is 4.74 Å². The van der Waals surface area contributed by atoms with Crippen LogP contribution in [0.1, 0.15) is 22.2 Å². The van der Waals surface area contributed by atoms with Crippen molar-refractivity contribution in [3.05, 3.63) is 15.8 Å². The molecule has 0 radical (unpaired) electrons. The molecule has 0 amide bonds. The lowest BCUT2D eigenvalue weighted by atomic mass is 10.3. The predicted octanol–water partition coefficient (Wildman–Crippen LogP) is 2.19. The molecule has 0 aromatic carbocycles. The van der Waals surface area contributed by atoms with Crippen LogP contribution in [0.15, 0.2) is 10.3 Å². The zero-order chi connectivity index (χ0) is 14.1. The van der Waals surface area contributed by atoms with Gasteiger partial charge in [-0.25, -0.2) is 4.79 Å². The van der Waals surface area contributed by atoms with E-state index < -0.39 is 37.6 Å². The van der Waals surface area contributed by atoms with Gasteiger partial charge in [0, 0.05) is 5.38 Å². The third-order valence-corrected chi connectivity index (χ3v) is 3.85. The highest BCUT2D eigenvalue weighted by Gasteiger charge is 2.42. The van der Waals surface area contributed by atoms with E-state index in [-0.39, 0.29) is 17.9 Å². The first-order valence-electron chi connectivity index (χ1n) is 4.42. The van der Waals surface area contributed by atoms with Gasteiger partial charge in [0.15, 0.2) is 0 Å². The average Bonchev–Trinajstić information content (AvgIpc) is 2.60. The molecule has 1 aromatic rings. The minimum atomic E-state index is -5.18. The highest BCUT2D eigenvalue weighted by atomic mass is 32.2. The van der Waals surface area contributed by atoms with Gasteiger partial charge in [0.05, 0.1) is 12.2 Å². The molecule has 0 aliphatic heterocycles. The van der Waals surface area contributed by atoms with Crippen LogP contribution >= 0.6 is 11.3 Å². The molecule has 5 nitrogen and oxygen atoms in total. The van der Waals surface area contributed by atoms with Crippen LogP contribution in [0.3, 0.4) is 0 Å². The molecule has 0 unspecified atom stereocenters. The van der Waals surface area contributed by atoms with Gasteiger partial charge in [-0.1, -0.05) is 0 Å². The Morgan fingerprint density at radius 3 is 2.44 bits per heavy atom. The van der Waals surface area contributed by atoms with Crippen molar-refractivity contribution in [1.82, 2.24) is 0 Å². The Labute approximate surface area is 104 Å². The van der Waals surface area contributed by atoms with E-state index in [9.17, 15) is 26.4 Å². The summed E-state index contributed by atoms with van der Waals surface area (Å²) >= 11 is -0.000832. The van der Waals surface area contributed by atoms with Gasteiger partial charge in [0.2, 0.25) is 0 Å². The van der Waals surface area contributed by atoms with Crippen LogP contribution in [0.5, 0.6) is 0 Å². The van der Waals surface area contributed by atoms with E-state index in [4.69, 9.17) is 4.55 Å². The molecule has 0 spiro atoms. The lowest BCUT2D eigenvalue weighted by molar-refractivity contribution is -0.136. The van der Waals surface area contributed by atoms with Crippen molar-refractivity contribution in [2.75, 3.05) is 6.61 Å². The third-order valence-electron chi connectivity index (χ3n) is 1.76. The molecular weight excluding hydrogens is 297 g/mol. The molecule has 10 heteroatoms. The molecule has 0 bridgehead atoms. The fourth-order valence-corrected chi connectivity index (χ4v) is 3.25. The molecule has 0 atom stereocenters. The molecule has 1 N–H and O–H groups in total. The van der Waals surface area contributed by atoms with Crippen LogP contribution in [-0.4, -0.2) is 25.5 Å². The quantitative estimate of drug-likeness (QED) is 0.684. The SMILES string of the molecule is CCOC(=O)c1csc(C(F)(F)F)c1S(=O)(=O)O. The summed E-state index contributed by atoms with van der Waals surface area (Å²) in [7, 11) is -5.18. The number of hydrogen-bond acceptors (Lipinski definition) is 5. The van der Waals surface area contributed by atoms with Crippen LogP contribution in [0, 0.1) is 0 Å². The number of halogens is 3. The van der Waals surface area contributed by atoms with E-state index in [1.165, 1.54) is 6.92 Å². The largest absolute Gasteiger partial charge is 0.462 e. The number of rotatable bonds is 3. The minimum absolute atomic E-state index is 0.000832. The Kier molecular flexibility index (Phi) is 4.03. The Hall–Kier alpha value is -1.13. The maximum absolute atomic E-state index is 12.5. The summed E-state index contributed by atoms with van der Waals surface area (Å²) in [5, 5.41) is 0.684. The number of carbonyl (C=O) groups excluding carboxylic acids is 1. The molecule has 0 fully saturated rings. The molecule has 0 aliphatic rings. The molecule has 1 heterocycles. The van der Waals surface area contributed by atoms with Crippen LogP contribution in [-0.2, 0) is 21.0 Å². The lowest BCUT2D eigenvalue weighted by Crippen LogP contribution is -2.14. The summed E-state index contributed by atoms with van der Waals surface area (Å²) in [6.45, 7) is 1.27. The second-order valence-corrected chi connectivity index (χ2v) is 5.24. The van der Waals surface area contributed by atoms with Crippen molar-refractivity contribution in [1.29, 1.82) is 0 Å². The summed E-state index contributed by atoms with van der Waals surface area (Å²) in [6.07, 6.45) is -4.99. The van der Waals surface area contributed by atoms with E-state index in [1.54, 1.807) is 0 Å². The Balaban J connectivity index is 3.49. The van der Waals surface area contributed by atoms with Crippen molar-refractivity contribution in [2.45, 2.75) is 18.0 Å². The van der Waals surface area contributed by atoms with E-state index in [0.717, 1.165) is 0 Å². The average molecular weight is 304 g/mol. The van der Waals surface area contributed by atoms with Gasteiger partial charge >= 0.3 is 12.1 Å². The molecule has 0 saturated carbocycles. The van der Waals surface area contributed by atoms with Crippen LogP contribution in [0.25, 0.3) is 0 Å². The van der Waals surface area contributed by atoms with Gasteiger partial charge in [0.1, 0.15) is 9.77 Å². The van der Waals surface area contributed by atoms with Crippen LogP contribution in [0.4, 0.5) is 13.2 Å². The van der Waals surface area contributed by atoms with Gasteiger partial charge in [0.25, 0.3) is 10.1 Å². The Morgan fingerprint density at radius 1 is 1.50 bits per heavy atom. The normalized spacial score (nSPS) is 12.5. The number of esters is 1.